The van der Waals surface area contributed by atoms with E-state index < -0.39 is 6.36 Å². The highest BCUT2D eigenvalue weighted by atomic mass is 32.1. The number of ether oxygens (including phenoxy) is 1. The Kier molecular flexibility index (Phi) is 4.41. The first-order chi connectivity index (χ1) is 13.0. The Morgan fingerprint density at radius 1 is 0.963 bits per heavy atom. The Hall–Kier alpha value is -3.13. The molecule has 0 N–H and O–H groups in total. The van der Waals surface area contributed by atoms with Crippen molar-refractivity contribution in [2.45, 2.75) is 6.36 Å². The molecule has 0 spiro atoms. The smallest absolute Gasteiger partial charge is 0.405 e. The van der Waals surface area contributed by atoms with Crippen molar-refractivity contribution in [3.8, 4) is 33.3 Å². The van der Waals surface area contributed by atoms with Crippen molar-refractivity contribution in [1.82, 2.24) is 14.8 Å². The molecule has 0 saturated heterocycles. The average Bonchev–Trinajstić information content (AvgIpc) is 3.32. The molecule has 8 heteroatoms. The first-order valence-electron chi connectivity index (χ1n) is 7.91. The zero-order valence-electron chi connectivity index (χ0n) is 13.7. The summed E-state index contributed by atoms with van der Waals surface area (Å²) in [7, 11) is 0. The highest BCUT2D eigenvalue weighted by Gasteiger charge is 2.32. The number of alkyl halides is 3. The van der Waals surface area contributed by atoms with Crippen molar-refractivity contribution in [3.63, 3.8) is 0 Å². The summed E-state index contributed by atoms with van der Waals surface area (Å²) in [5, 5.41) is 6.74. The molecular formula is C19H12F3N3OS. The van der Waals surface area contributed by atoms with E-state index in [0.29, 0.717) is 16.3 Å². The Bertz CT molecular complexity index is 1060. The second-order valence-corrected chi connectivity index (χ2v) is 6.43. The van der Waals surface area contributed by atoms with E-state index in [1.54, 1.807) is 53.5 Å². The predicted octanol–water partition coefficient (Wildman–Crippen LogP) is 5.56. The molecule has 0 aliphatic heterocycles. The summed E-state index contributed by atoms with van der Waals surface area (Å²) in [6.45, 7) is 0. The van der Waals surface area contributed by atoms with Gasteiger partial charge in [-0.25, -0.2) is 9.67 Å². The number of hydrogen-bond donors (Lipinski definition) is 0. The molecule has 0 atom stereocenters. The number of rotatable bonds is 4. The van der Waals surface area contributed by atoms with Gasteiger partial charge in [0.15, 0.2) is 0 Å². The summed E-state index contributed by atoms with van der Waals surface area (Å²) in [6, 6.07) is 15.0. The van der Waals surface area contributed by atoms with Crippen molar-refractivity contribution in [2.75, 3.05) is 0 Å². The number of halogens is 3. The highest BCUT2D eigenvalue weighted by molar-refractivity contribution is 7.12. The minimum absolute atomic E-state index is 0.238. The SMILES string of the molecule is FC(F)(F)Oc1ccccc1-c1cccc(-c2csc(-n3cccn3)n2)c1. The summed E-state index contributed by atoms with van der Waals surface area (Å²) >= 11 is 1.43. The zero-order valence-corrected chi connectivity index (χ0v) is 14.5. The minimum atomic E-state index is -4.75. The third-order valence-electron chi connectivity index (χ3n) is 3.77. The van der Waals surface area contributed by atoms with Gasteiger partial charge in [0, 0.05) is 28.9 Å². The van der Waals surface area contributed by atoms with Gasteiger partial charge < -0.3 is 4.74 Å². The van der Waals surface area contributed by atoms with Gasteiger partial charge in [-0.1, -0.05) is 36.4 Å². The van der Waals surface area contributed by atoms with E-state index in [1.165, 1.54) is 23.5 Å². The van der Waals surface area contributed by atoms with Gasteiger partial charge >= 0.3 is 6.36 Å². The van der Waals surface area contributed by atoms with Gasteiger partial charge in [0.25, 0.3) is 0 Å². The number of hydrogen-bond acceptors (Lipinski definition) is 4. The van der Waals surface area contributed by atoms with E-state index >= 15 is 0 Å². The molecule has 4 rings (SSSR count). The van der Waals surface area contributed by atoms with E-state index in [9.17, 15) is 13.2 Å². The van der Waals surface area contributed by atoms with Crippen LogP contribution in [0.5, 0.6) is 5.75 Å². The maximum atomic E-state index is 12.7. The molecule has 2 aromatic heterocycles. The van der Waals surface area contributed by atoms with E-state index in [-0.39, 0.29) is 5.75 Å². The minimum Gasteiger partial charge on any atom is -0.405 e. The first kappa shape index (κ1) is 17.3. The van der Waals surface area contributed by atoms with Crippen molar-refractivity contribution in [3.05, 3.63) is 72.4 Å². The molecule has 0 saturated carbocycles. The van der Waals surface area contributed by atoms with Gasteiger partial charge in [-0.15, -0.1) is 24.5 Å². The number of thiazole rings is 1. The molecule has 2 aromatic carbocycles. The first-order valence-corrected chi connectivity index (χ1v) is 8.79. The largest absolute Gasteiger partial charge is 0.573 e. The van der Waals surface area contributed by atoms with Crippen molar-refractivity contribution in [1.29, 1.82) is 0 Å². The van der Waals surface area contributed by atoms with Crippen LogP contribution in [0, 0.1) is 0 Å². The second-order valence-electron chi connectivity index (χ2n) is 5.59. The third-order valence-corrected chi connectivity index (χ3v) is 4.60. The Morgan fingerprint density at radius 3 is 2.56 bits per heavy atom. The highest BCUT2D eigenvalue weighted by Crippen LogP contribution is 2.35. The maximum absolute atomic E-state index is 12.7. The summed E-state index contributed by atoms with van der Waals surface area (Å²) in [5.74, 6) is -0.238. The normalized spacial score (nSPS) is 11.5. The number of aromatic nitrogens is 3. The Morgan fingerprint density at radius 2 is 1.78 bits per heavy atom. The van der Waals surface area contributed by atoms with E-state index in [1.807, 2.05) is 11.4 Å². The predicted molar refractivity (Wildman–Crippen MR) is 96.8 cm³/mol. The van der Waals surface area contributed by atoms with E-state index in [0.717, 1.165) is 11.3 Å². The molecule has 0 bridgehead atoms. The molecule has 0 radical (unpaired) electrons. The quantitative estimate of drug-likeness (QED) is 0.460. The van der Waals surface area contributed by atoms with Crippen molar-refractivity contribution < 1.29 is 17.9 Å². The van der Waals surface area contributed by atoms with E-state index in [4.69, 9.17) is 0 Å². The van der Waals surface area contributed by atoms with Gasteiger partial charge in [-0.2, -0.15) is 5.10 Å². The van der Waals surface area contributed by atoms with Gasteiger partial charge in [0.05, 0.1) is 5.69 Å². The Labute approximate surface area is 156 Å². The topological polar surface area (TPSA) is 39.9 Å². The summed E-state index contributed by atoms with van der Waals surface area (Å²) in [6.07, 6.45) is -1.29. The van der Waals surface area contributed by atoms with Gasteiger partial charge in [-0.05, 0) is 23.8 Å². The summed E-state index contributed by atoms with van der Waals surface area (Å²) in [4.78, 5) is 4.55. The van der Waals surface area contributed by atoms with Crippen LogP contribution in [0.25, 0.3) is 27.5 Å². The molecule has 4 nitrogen and oxygen atoms in total. The molecule has 0 amide bonds. The molecular weight excluding hydrogens is 375 g/mol. The van der Waals surface area contributed by atoms with Gasteiger partial charge in [0.2, 0.25) is 5.13 Å². The lowest BCUT2D eigenvalue weighted by molar-refractivity contribution is -0.274. The average molecular weight is 387 g/mol. The molecule has 0 aliphatic rings. The van der Waals surface area contributed by atoms with Gasteiger partial charge in [-0.3, -0.25) is 0 Å². The molecule has 0 aliphatic carbocycles. The van der Waals surface area contributed by atoms with Gasteiger partial charge in [0.1, 0.15) is 5.75 Å². The zero-order chi connectivity index (χ0) is 18.9. The fourth-order valence-corrected chi connectivity index (χ4v) is 3.42. The summed E-state index contributed by atoms with van der Waals surface area (Å²) in [5.41, 5.74) is 2.49. The van der Waals surface area contributed by atoms with Crippen LogP contribution in [0.2, 0.25) is 0 Å². The number of nitrogens with zero attached hydrogens (tertiary/aromatic N) is 3. The number of benzene rings is 2. The third kappa shape index (κ3) is 3.85. The molecule has 136 valence electrons. The van der Waals surface area contributed by atoms with Crippen molar-refractivity contribution in [2.24, 2.45) is 0 Å². The lowest BCUT2D eigenvalue weighted by atomic mass is 10.0. The molecule has 4 aromatic rings. The fraction of sp³-hybridized carbons (Fsp3) is 0.0526. The standard InChI is InChI=1S/C19H12F3N3OS/c20-19(21,22)26-17-8-2-1-7-15(17)13-5-3-6-14(11-13)16-12-27-18(24-16)25-10-4-9-23-25/h1-12H. The maximum Gasteiger partial charge on any atom is 0.573 e. The van der Waals surface area contributed by atoms with Crippen LogP contribution in [-0.4, -0.2) is 21.1 Å². The molecule has 0 unspecified atom stereocenters. The lowest BCUT2D eigenvalue weighted by Crippen LogP contribution is -2.17. The van der Waals surface area contributed by atoms with Crippen LogP contribution in [-0.2, 0) is 0 Å². The van der Waals surface area contributed by atoms with Crippen LogP contribution in [0.15, 0.2) is 72.4 Å². The van der Waals surface area contributed by atoms with Crippen LogP contribution < -0.4 is 4.74 Å². The molecule has 2 heterocycles. The summed E-state index contributed by atoms with van der Waals surface area (Å²) < 4.78 is 43.9. The van der Waals surface area contributed by atoms with E-state index in [2.05, 4.69) is 14.8 Å². The van der Waals surface area contributed by atoms with Crippen LogP contribution in [0.4, 0.5) is 13.2 Å². The van der Waals surface area contributed by atoms with Crippen LogP contribution in [0.3, 0.4) is 0 Å². The lowest BCUT2D eigenvalue weighted by Gasteiger charge is -2.13. The fourth-order valence-electron chi connectivity index (χ4n) is 2.65. The van der Waals surface area contributed by atoms with Crippen molar-refractivity contribution >= 4 is 11.3 Å². The molecule has 0 fully saturated rings. The van der Waals surface area contributed by atoms with Crippen LogP contribution >= 0.6 is 11.3 Å². The monoisotopic (exact) mass is 387 g/mol. The Balaban J connectivity index is 1.70. The van der Waals surface area contributed by atoms with Crippen LogP contribution in [0.1, 0.15) is 0 Å². The molecule has 27 heavy (non-hydrogen) atoms. The second kappa shape index (κ2) is 6.88. The number of para-hydroxylation sites is 1.